The summed E-state index contributed by atoms with van der Waals surface area (Å²) < 4.78 is 0. The van der Waals surface area contributed by atoms with Crippen molar-refractivity contribution in [2.75, 3.05) is 39.4 Å². The van der Waals surface area contributed by atoms with Crippen molar-refractivity contribution >= 4 is 11.8 Å². The Kier molecular flexibility index (Phi) is 31.0. The van der Waals surface area contributed by atoms with E-state index in [1.54, 1.807) is 0 Å². The Morgan fingerprint density at radius 1 is 0.385 bits per heavy atom. The Balaban J connectivity index is 5.67. The molecule has 0 unspecified atom stereocenters. The van der Waals surface area contributed by atoms with Gasteiger partial charge in [-0.15, -0.1) is 0 Å². The number of aliphatic hydroxyl groups is 10. The number of nitrogens with zero attached hydrogens (tertiary/aromatic N) is 2. The van der Waals surface area contributed by atoms with Gasteiger partial charge in [-0.05, 0) is 12.8 Å². The van der Waals surface area contributed by atoms with Crippen molar-refractivity contribution in [2.24, 2.45) is 0 Å². The minimum atomic E-state index is -2.15. The molecule has 310 valence electrons. The summed E-state index contributed by atoms with van der Waals surface area (Å²) >= 11 is 0. The Hall–Kier alpha value is -1.46. The fourth-order valence-electron chi connectivity index (χ4n) is 6.20. The molecule has 52 heavy (non-hydrogen) atoms. The van der Waals surface area contributed by atoms with Gasteiger partial charge >= 0.3 is 0 Å². The van der Waals surface area contributed by atoms with E-state index in [1.807, 2.05) is 0 Å². The quantitative estimate of drug-likeness (QED) is 0.0413. The number of hydrogen-bond acceptors (Lipinski definition) is 12. The molecule has 10 N–H and O–H groups in total. The molecule has 0 aliphatic heterocycles. The van der Waals surface area contributed by atoms with Crippen LogP contribution in [-0.4, -0.2) is 161 Å². The minimum Gasteiger partial charge on any atom is -0.394 e. The van der Waals surface area contributed by atoms with Crippen molar-refractivity contribution in [3.05, 3.63) is 0 Å². The van der Waals surface area contributed by atoms with E-state index in [4.69, 9.17) is 10.2 Å². The third kappa shape index (κ3) is 21.4. The summed E-state index contributed by atoms with van der Waals surface area (Å²) in [5.41, 5.74) is 0. The van der Waals surface area contributed by atoms with Crippen molar-refractivity contribution in [3.8, 4) is 0 Å². The van der Waals surface area contributed by atoms with Gasteiger partial charge in [0.1, 0.15) is 36.6 Å². The van der Waals surface area contributed by atoms with Crippen molar-refractivity contribution in [1.29, 1.82) is 0 Å². The van der Waals surface area contributed by atoms with Gasteiger partial charge < -0.3 is 60.9 Å². The zero-order valence-electron chi connectivity index (χ0n) is 32.2. The second-order valence-corrected chi connectivity index (χ2v) is 14.4. The summed E-state index contributed by atoms with van der Waals surface area (Å²) in [6.07, 6.45) is 4.71. The van der Waals surface area contributed by atoms with Gasteiger partial charge in [-0.25, -0.2) is 0 Å². The molecule has 0 aromatic heterocycles. The van der Waals surface area contributed by atoms with Crippen molar-refractivity contribution in [1.82, 2.24) is 9.80 Å². The predicted molar refractivity (Wildman–Crippen MR) is 199 cm³/mol. The Labute approximate surface area is 312 Å². The SMILES string of the molecule is CCCCCCCCCCCCN(CCN(CCCCCCCCCCCC)C(=O)[C@H](O)[C@@H](O)[C@H](O)[C@H](O)CO)C(=O)[C@H](O)[C@@H](O)[C@H](O)[C@H](O)CO. The molecule has 0 spiro atoms. The third-order valence-electron chi connectivity index (χ3n) is 9.84. The number of unbranched alkanes of at least 4 members (excludes halogenated alkanes) is 18. The summed E-state index contributed by atoms with van der Waals surface area (Å²) in [5.74, 6) is -1.91. The van der Waals surface area contributed by atoms with E-state index in [2.05, 4.69) is 13.8 Å². The van der Waals surface area contributed by atoms with Crippen molar-refractivity contribution in [3.63, 3.8) is 0 Å². The molecule has 0 saturated heterocycles. The van der Waals surface area contributed by atoms with Gasteiger partial charge in [-0.3, -0.25) is 9.59 Å². The summed E-state index contributed by atoms with van der Waals surface area (Å²) in [6.45, 7) is 2.53. The normalized spacial score (nSPS) is 16.5. The molecular weight excluding hydrogens is 676 g/mol. The van der Waals surface area contributed by atoms with E-state index in [1.165, 1.54) is 61.2 Å². The highest BCUT2D eigenvalue weighted by Crippen LogP contribution is 2.16. The number of amides is 2. The highest BCUT2D eigenvalue weighted by Gasteiger charge is 2.38. The van der Waals surface area contributed by atoms with E-state index in [0.29, 0.717) is 12.8 Å². The van der Waals surface area contributed by atoms with Gasteiger partial charge in [0, 0.05) is 26.2 Å². The number of rotatable bonds is 35. The summed E-state index contributed by atoms with van der Waals surface area (Å²) in [6, 6.07) is 0. The van der Waals surface area contributed by atoms with Crippen molar-refractivity contribution in [2.45, 2.75) is 191 Å². The summed E-state index contributed by atoms with van der Waals surface area (Å²) in [4.78, 5) is 29.4. The van der Waals surface area contributed by atoms with Crippen LogP contribution in [0.15, 0.2) is 0 Å². The van der Waals surface area contributed by atoms with Gasteiger partial charge in [0.05, 0.1) is 13.2 Å². The molecule has 0 aliphatic rings. The van der Waals surface area contributed by atoms with E-state index in [-0.39, 0.29) is 26.2 Å². The van der Waals surface area contributed by atoms with Crippen LogP contribution in [0.2, 0.25) is 0 Å². The van der Waals surface area contributed by atoms with Gasteiger partial charge in [-0.1, -0.05) is 129 Å². The molecule has 0 saturated carbocycles. The maximum atomic E-state index is 13.4. The zero-order chi connectivity index (χ0) is 39.3. The predicted octanol–water partition coefficient (Wildman–Crippen LogP) is 1.36. The highest BCUT2D eigenvalue weighted by molar-refractivity contribution is 5.82. The lowest BCUT2D eigenvalue weighted by molar-refractivity contribution is -0.162. The lowest BCUT2D eigenvalue weighted by atomic mass is 10.0. The molecule has 0 aromatic rings. The van der Waals surface area contributed by atoms with Crippen LogP contribution < -0.4 is 0 Å². The van der Waals surface area contributed by atoms with Crippen LogP contribution in [0.25, 0.3) is 0 Å². The van der Waals surface area contributed by atoms with Gasteiger partial charge in [0.15, 0.2) is 12.2 Å². The Morgan fingerprint density at radius 3 is 0.885 bits per heavy atom. The maximum Gasteiger partial charge on any atom is 0.254 e. The van der Waals surface area contributed by atoms with Crippen molar-refractivity contribution < 1.29 is 60.7 Å². The lowest BCUT2D eigenvalue weighted by Crippen LogP contribution is -2.55. The van der Waals surface area contributed by atoms with E-state index in [0.717, 1.165) is 64.2 Å². The highest BCUT2D eigenvalue weighted by atomic mass is 16.4. The Bertz CT molecular complexity index is 804. The van der Waals surface area contributed by atoms with E-state index < -0.39 is 73.9 Å². The van der Waals surface area contributed by atoms with Crippen LogP contribution in [0.3, 0.4) is 0 Å². The molecule has 2 amide bonds. The third-order valence-corrected chi connectivity index (χ3v) is 9.84. The molecule has 0 fully saturated rings. The molecule has 0 rings (SSSR count). The fourth-order valence-corrected chi connectivity index (χ4v) is 6.20. The number of carbonyl (C=O) groups excluding carboxylic acids is 2. The second-order valence-electron chi connectivity index (χ2n) is 14.4. The average molecular weight is 753 g/mol. The van der Waals surface area contributed by atoms with Gasteiger partial charge in [0.25, 0.3) is 11.8 Å². The number of aliphatic hydroxyl groups excluding tert-OH is 10. The molecule has 14 nitrogen and oxygen atoms in total. The Morgan fingerprint density at radius 2 is 0.635 bits per heavy atom. The second kappa shape index (κ2) is 31.8. The number of carbonyl (C=O) groups is 2. The minimum absolute atomic E-state index is 0.143. The molecular formula is C38H76N2O12. The van der Waals surface area contributed by atoms with Gasteiger partial charge in [-0.2, -0.15) is 0 Å². The molecule has 14 heteroatoms. The standard InChI is InChI=1S/C38H76N2O12/c1-3-5-7-9-11-13-15-17-19-21-23-39(37(51)35(49)33(47)31(45)29(43)27-41)25-26-40(24-22-20-18-16-14-12-10-8-6-4-2)38(52)36(50)34(48)32(46)30(44)28-42/h29-36,41-50H,3-28H2,1-2H3/t29-,30-,31-,32-,33+,34+,35-,36-/m1/s1. The average Bonchev–Trinajstić information content (AvgIpc) is 3.16. The van der Waals surface area contributed by atoms with Crippen LogP contribution in [0.5, 0.6) is 0 Å². The van der Waals surface area contributed by atoms with Crippen LogP contribution >= 0.6 is 0 Å². The largest absolute Gasteiger partial charge is 0.394 e. The van der Waals surface area contributed by atoms with Gasteiger partial charge in [0.2, 0.25) is 0 Å². The van der Waals surface area contributed by atoms with Crippen LogP contribution in [0.4, 0.5) is 0 Å². The smallest absolute Gasteiger partial charge is 0.254 e. The van der Waals surface area contributed by atoms with E-state index >= 15 is 0 Å². The molecule has 0 radical (unpaired) electrons. The molecule has 0 bridgehead atoms. The first-order valence-corrected chi connectivity index (χ1v) is 20.1. The summed E-state index contributed by atoms with van der Waals surface area (Å²) in [5, 5.41) is 100. The zero-order valence-corrected chi connectivity index (χ0v) is 32.2. The first-order chi connectivity index (χ1) is 24.9. The first-order valence-electron chi connectivity index (χ1n) is 20.1. The monoisotopic (exact) mass is 753 g/mol. The molecule has 0 heterocycles. The molecule has 0 aromatic carbocycles. The number of hydrogen-bond donors (Lipinski definition) is 10. The van der Waals surface area contributed by atoms with Crippen LogP contribution in [0, 0.1) is 0 Å². The van der Waals surface area contributed by atoms with Crippen LogP contribution in [-0.2, 0) is 9.59 Å². The fraction of sp³-hybridized carbons (Fsp3) is 0.947. The molecule has 8 atom stereocenters. The lowest BCUT2D eigenvalue weighted by Gasteiger charge is -2.33. The summed E-state index contributed by atoms with van der Waals surface area (Å²) in [7, 11) is 0. The van der Waals surface area contributed by atoms with Crippen LogP contribution in [0.1, 0.15) is 142 Å². The first kappa shape index (κ1) is 50.5. The topological polar surface area (TPSA) is 243 Å². The van der Waals surface area contributed by atoms with E-state index in [9.17, 15) is 50.4 Å². The maximum absolute atomic E-state index is 13.4. The molecule has 0 aliphatic carbocycles.